The van der Waals surface area contributed by atoms with Crippen LogP contribution in [0.3, 0.4) is 0 Å². The summed E-state index contributed by atoms with van der Waals surface area (Å²) in [5.74, 6) is 0.599. The second-order valence-corrected chi connectivity index (χ2v) is 12.1. The molecule has 0 amide bonds. The highest BCUT2D eigenvalue weighted by Crippen LogP contribution is 2.39. The van der Waals surface area contributed by atoms with Crippen molar-refractivity contribution in [3.63, 3.8) is 0 Å². The first kappa shape index (κ1) is 25.8. The smallest absolute Gasteiger partial charge is 0.164 e. The molecule has 5 nitrogen and oxygen atoms in total. The zero-order chi connectivity index (χ0) is 37.6. The van der Waals surface area contributed by atoms with Gasteiger partial charge in [0, 0.05) is 27.5 Å². The lowest BCUT2D eigenvalue weighted by Crippen LogP contribution is -2.00. The van der Waals surface area contributed by atoms with Crippen LogP contribution in [0.5, 0.6) is 0 Å². The maximum atomic E-state index is 9.44. The van der Waals surface area contributed by atoms with Crippen LogP contribution in [0.15, 0.2) is 174 Å². The Balaban J connectivity index is 1.19. The zero-order valence-corrected chi connectivity index (χ0v) is 27.1. The van der Waals surface area contributed by atoms with E-state index in [0.29, 0.717) is 33.7 Å². The van der Waals surface area contributed by atoms with E-state index in [1.165, 1.54) is 0 Å². The van der Waals surface area contributed by atoms with Crippen molar-refractivity contribution in [1.82, 2.24) is 15.0 Å². The van der Waals surface area contributed by atoms with E-state index < -0.39 is 0 Å². The molecule has 0 atom stereocenters. The van der Waals surface area contributed by atoms with Crippen LogP contribution < -0.4 is 0 Å². The minimum absolute atomic E-state index is 0.00321. The Labute approximate surface area is 300 Å². The minimum Gasteiger partial charge on any atom is -0.456 e. The highest BCUT2D eigenvalue weighted by atomic mass is 16.3. The highest BCUT2D eigenvalue weighted by molar-refractivity contribution is 6.13. The summed E-state index contributed by atoms with van der Waals surface area (Å²) >= 11 is 0. The minimum atomic E-state index is -0.300. The van der Waals surface area contributed by atoms with Gasteiger partial charge in [0.25, 0.3) is 0 Å². The van der Waals surface area contributed by atoms with Crippen molar-refractivity contribution in [3.05, 3.63) is 175 Å². The molecule has 0 saturated carbocycles. The summed E-state index contributed by atoms with van der Waals surface area (Å²) in [4.78, 5) is 14.3. The number of furan rings is 1. The Kier molecular flexibility index (Phi) is 6.43. The molecule has 0 saturated heterocycles. The molecule has 0 fully saturated rings. The molecule has 9 aromatic rings. The maximum Gasteiger partial charge on any atom is 0.164 e. The molecule has 0 aliphatic carbocycles. The molecule has 0 spiro atoms. The van der Waals surface area contributed by atoms with Crippen LogP contribution in [-0.4, -0.2) is 15.0 Å². The van der Waals surface area contributed by atoms with E-state index in [4.69, 9.17) is 24.9 Å². The normalized spacial score (nSPS) is 12.2. The average Bonchev–Trinajstić information content (AvgIpc) is 3.62. The average molecular weight is 657 g/mol. The molecule has 9 rings (SSSR count). The Hall–Kier alpha value is -7.16. The first-order valence-corrected chi connectivity index (χ1v) is 16.4. The van der Waals surface area contributed by atoms with Crippen molar-refractivity contribution in [2.24, 2.45) is 0 Å². The number of nitriles is 1. The SMILES string of the molecule is [2H]c1c([2H])c(-c2nc(-c3ccccc3)nc(-c3ccc4c(c3)oc3cccc(-c5cccc(-c6ccccc6)c5)c34)n2)c([2H])c([2H])c1-c1cccc(C#N)c1. The van der Waals surface area contributed by atoms with E-state index >= 15 is 0 Å². The predicted molar refractivity (Wildman–Crippen MR) is 204 cm³/mol. The standard InChI is InChI=1S/C46H28N4O/c47-29-30-10-7-15-35(26-30)32-20-22-34(23-21-32)45-48-44(33-13-5-2-6-14-33)49-46(50-45)38-24-25-40-42(28-38)51-41-19-9-18-39(43(40)41)37-17-8-16-36(27-37)31-11-3-1-4-12-31/h1-28H/i20D,21D,22D,23D. The van der Waals surface area contributed by atoms with Crippen LogP contribution in [0.2, 0.25) is 0 Å². The van der Waals surface area contributed by atoms with Gasteiger partial charge in [0.15, 0.2) is 17.5 Å². The number of benzene rings is 7. The quantitative estimate of drug-likeness (QED) is 0.178. The van der Waals surface area contributed by atoms with Crippen LogP contribution in [0, 0.1) is 11.3 Å². The molecule has 0 bridgehead atoms. The zero-order valence-electron chi connectivity index (χ0n) is 31.1. The van der Waals surface area contributed by atoms with Crippen LogP contribution in [-0.2, 0) is 0 Å². The highest BCUT2D eigenvalue weighted by Gasteiger charge is 2.17. The molecular formula is C46H28N4O. The monoisotopic (exact) mass is 656 g/mol. The van der Waals surface area contributed by atoms with Gasteiger partial charge in [-0.1, -0.05) is 133 Å². The summed E-state index contributed by atoms with van der Waals surface area (Å²) in [7, 11) is 0. The first-order chi connectivity index (χ1) is 26.9. The molecule has 2 heterocycles. The van der Waals surface area contributed by atoms with Crippen LogP contribution in [0.4, 0.5) is 0 Å². The van der Waals surface area contributed by atoms with Crippen molar-refractivity contribution in [3.8, 4) is 73.6 Å². The number of aromatic nitrogens is 3. The lowest BCUT2D eigenvalue weighted by molar-refractivity contribution is 0.669. The van der Waals surface area contributed by atoms with Gasteiger partial charge in [-0.2, -0.15) is 5.26 Å². The van der Waals surface area contributed by atoms with Crippen molar-refractivity contribution in [2.45, 2.75) is 0 Å². The molecule has 0 aliphatic rings. The van der Waals surface area contributed by atoms with Crippen LogP contribution >= 0.6 is 0 Å². The third kappa shape index (κ3) is 5.71. The molecule has 0 aliphatic heterocycles. The molecule has 0 N–H and O–H groups in total. The van der Waals surface area contributed by atoms with E-state index in [1.807, 2.05) is 78.9 Å². The van der Waals surface area contributed by atoms with Crippen molar-refractivity contribution in [1.29, 1.82) is 5.26 Å². The fourth-order valence-corrected chi connectivity index (χ4v) is 6.35. The topological polar surface area (TPSA) is 75.6 Å². The van der Waals surface area contributed by atoms with Gasteiger partial charge < -0.3 is 4.42 Å². The number of hydrogen-bond donors (Lipinski definition) is 0. The van der Waals surface area contributed by atoms with Gasteiger partial charge in [0.2, 0.25) is 0 Å². The third-order valence-corrected chi connectivity index (χ3v) is 8.83. The van der Waals surface area contributed by atoms with Crippen molar-refractivity contribution in [2.75, 3.05) is 0 Å². The van der Waals surface area contributed by atoms with Gasteiger partial charge in [0.1, 0.15) is 11.2 Å². The summed E-state index contributed by atoms with van der Waals surface area (Å²) in [5.41, 5.74) is 7.86. The fourth-order valence-electron chi connectivity index (χ4n) is 6.35. The van der Waals surface area contributed by atoms with Gasteiger partial charge in [-0.05, 0) is 69.8 Å². The van der Waals surface area contributed by atoms with Gasteiger partial charge >= 0.3 is 0 Å². The summed E-state index contributed by atoms with van der Waals surface area (Å²) in [6, 6.07) is 47.4. The van der Waals surface area contributed by atoms with E-state index in [-0.39, 0.29) is 46.9 Å². The Morgan fingerprint density at radius 3 is 1.78 bits per heavy atom. The van der Waals surface area contributed by atoms with Crippen molar-refractivity contribution < 1.29 is 9.90 Å². The van der Waals surface area contributed by atoms with Crippen LogP contribution in [0.1, 0.15) is 11.0 Å². The lowest BCUT2D eigenvalue weighted by atomic mass is 9.96. The summed E-state index contributed by atoms with van der Waals surface area (Å²) in [5, 5.41) is 11.4. The largest absolute Gasteiger partial charge is 0.456 e. The van der Waals surface area contributed by atoms with Gasteiger partial charge in [-0.25, -0.2) is 15.0 Å². The molecular weight excluding hydrogens is 625 g/mol. The molecule has 0 unspecified atom stereocenters. The summed E-state index contributed by atoms with van der Waals surface area (Å²) < 4.78 is 42.5. The lowest BCUT2D eigenvalue weighted by Gasteiger charge is -2.09. The maximum absolute atomic E-state index is 9.44. The number of nitrogens with zero attached hydrogens (tertiary/aromatic N) is 4. The summed E-state index contributed by atoms with van der Waals surface area (Å²) in [6.45, 7) is 0. The van der Waals surface area contributed by atoms with Crippen molar-refractivity contribution >= 4 is 21.9 Å². The molecule has 238 valence electrons. The van der Waals surface area contributed by atoms with E-state index in [0.717, 1.165) is 38.6 Å². The molecule has 5 heteroatoms. The molecule has 0 radical (unpaired) electrons. The predicted octanol–water partition coefficient (Wildman–Crippen LogP) is 11.6. The molecule has 51 heavy (non-hydrogen) atoms. The first-order valence-electron chi connectivity index (χ1n) is 18.4. The Bertz CT molecular complexity index is 2970. The van der Waals surface area contributed by atoms with Gasteiger partial charge in [0.05, 0.1) is 17.1 Å². The Morgan fingerprint density at radius 1 is 0.451 bits per heavy atom. The van der Waals surface area contributed by atoms with E-state index in [2.05, 4.69) is 48.5 Å². The number of rotatable bonds is 6. The van der Waals surface area contributed by atoms with Gasteiger partial charge in [-0.3, -0.25) is 0 Å². The summed E-state index contributed by atoms with van der Waals surface area (Å²) in [6.07, 6.45) is 0. The van der Waals surface area contributed by atoms with Gasteiger partial charge in [-0.15, -0.1) is 0 Å². The second-order valence-electron chi connectivity index (χ2n) is 12.1. The second kappa shape index (κ2) is 12.7. The number of fused-ring (bicyclic) bond motifs is 3. The van der Waals surface area contributed by atoms with Crippen LogP contribution in [0.25, 0.3) is 89.5 Å². The molecule has 2 aromatic heterocycles. The van der Waals surface area contributed by atoms with E-state index in [9.17, 15) is 5.26 Å². The van der Waals surface area contributed by atoms with E-state index in [1.54, 1.807) is 24.3 Å². The molecule has 7 aromatic carbocycles. The number of hydrogen-bond acceptors (Lipinski definition) is 5. The fraction of sp³-hybridized carbons (Fsp3) is 0. The third-order valence-electron chi connectivity index (χ3n) is 8.83. The Morgan fingerprint density at radius 2 is 1.04 bits per heavy atom.